The number of aliphatic hydroxyl groups is 1. The Bertz CT molecular complexity index is 594. The lowest BCUT2D eigenvalue weighted by Gasteiger charge is -2.13. The molecule has 0 spiro atoms. The van der Waals surface area contributed by atoms with E-state index in [1.54, 1.807) is 0 Å². The zero-order chi connectivity index (χ0) is 15.2. The number of aryl methyl sites for hydroxylation is 1. The lowest BCUT2D eigenvalue weighted by atomic mass is 10.1. The van der Waals surface area contributed by atoms with Gasteiger partial charge in [-0.3, -0.25) is 0 Å². The minimum Gasteiger partial charge on any atom is -0.457 e. The molecule has 0 amide bonds. The molecule has 0 unspecified atom stereocenters. The van der Waals surface area contributed by atoms with Crippen LogP contribution in [0.2, 0.25) is 0 Å². The van der Waals surface area contributed by atoms with Crippen LogP contribution in [-0.4, -0.2) is 11.1 Å². The SMILES string of the molecule is Cc1cc(Oc2ccccc2CO)ccc1CNC(C)C. The summed E-state index contributed by atoms with van der Waals surface area (Å²) < 4.78 is 5.88. The Balaban J connectivity index is 2.13. The first-order chi connectivity index (χ1) is 10.1. The standard InChI is InChI=1S/C18H23NO2/c1-13(2)19-11-15-8-9-17(10-14(15)3)21-18-7-5-4-6-16(18)12-20/h4-10,13,19-20H,11-12H2,1-3H3. The van der Waals surface area contributed by atoms with Gasteiger partial charge in [-0.15, -0.1) is 0 Å². The van der Waals surface area contributed by atoms with Crippen LogP contribution in [0.15, 0.2) is 42.5 Å². The molecule has 0 saturated carbocycles. The normalized spacial score (nSPS) is 10.9. The predicted octanol–water partition coefficient (Wildman–Crippen LogP) is 3.78. The lowest BCUT2D eigenvalue weighted by Crippen LogP contribution is -2.22. The molecule has 3 nitrogen and oxygen atoms in total. The molecule has 0 aliphatic heterocycles. The van der Waals surface area contributed by atoms with E-state index < -0.39 is 0 Å². The second-order valence-corrected chi connectivity index (χ2v) is 5.49. The molecule has 0 saturated heterocycles. The van der Waals surface area contributed by atoms with Crippen molar-refractivity contribution in [3.05, 3.63) is 59.2 Å². The van der Waals surface area contributed by atoms with Crippen molar-refractivity contribution in [3.8, 4) is 11.5 Å². The molecular weight excluding hydrogens is 262 g/mol. The molecule has 3 heteroatoms. The molecule has 0 aromatic heterocycles. The molecule has 0 radical (unpaired) electrons. The summed E-state index contributed by atoms with van der Waals surface area (Å²) in [5.74, 6) is 1.49. The van der Waals surface area contributed by atoms with E-state index >= 15 is 0 Å². The summed E-state index contributed by atoms with van der Waals surface area (Å²) in [5, 5.41) is 12.7. The van der Waals surface area contributed by atoms with Gasteiger partial charge in [0.15, 0.2) is 0 Å². The Morgan fingerprint density at radius 3 is 2.52 bits per heavy atom. The van der Waals surface area contributed by atoms with Crippen molar-refractivity contribution in [1.82, 2.24) is 5.32 Å². The van der Waals surface area contributed by atoms with Gasteiger partial charge in [-0.1, -0.05) is 38.1 Å². The van der Waals surface area contributed by atoms with Gasteiger partial charge in [0, 0.05) is 18.2 Å². The van der Waals surface area contributed by atoms with E-state index in [1.807, 2.05) is 36.4 Å². The van der Waals surface area contributed by atoms with Crippen LogP contribution in [0, 0.1) is 6.92 Å². The van der Waals surface area contributed by atoms with Gasteiger partial charge < -0.3 is 15.2 Å². The molecule has 2 N–H and O–H groups in total. The van der Waals surface area contributed by atoms with Crippen LogP contribution < -0.4 is 10.1 Å². The van der Waals surface area contributed by atoms with Crippen LogP contribution >= 0.6 is 0 Å². The first-order valence-electron chi connectivity index (χ1n) is 7.29. The van der Waals surface area contributed by atoms with Crippen LogP contribution in [0.25, 0.3) is 0 Å². The van der Waals surface area contributed by atoms with Crippen LogP contribution in [0.5, 0.6) is 11.5 Å². The largest absolute Gasteiger partial charge is 0.457 e. The highest BCUT2D eigenvalue weighted by Gasteiger charge is 2.06. The summed E-state index contributed by atoms with van der Waals surface area (Å²) in [4.78, 5) is 0. The first kappa shape index (κ1) is 15.5. The van der Waals surface area contributed by atoms with Crippen molar-refractivity contribution in [2.45, 2.75) is 40.0 Å². The zero-order valence-electron chi connectivity index (χ0n) is 12.9. The van der Waals surface area contributed by atoms with Crippen LogP contribution in [0.1, 0.15) is 30.5 Å². The van der Waals surface area contributed by atoms with Gasteiger partial charge in [0.25, 0.3) is 0 Å². The molecule has 2 aromatic carbocycles. The highest BCUT2D eigenvalue weighted by Crippen LogP contribution is 2.27. The van der Waals surface area contributed by atoms with E-state index in [1.165, 1.54) is 11.1 Å². The van der Waals surface area contributed by atoms with Crippen molar-refractivity contribution in [3.63, 3.8) is 0 Å². The fourth-order valence-electron chi connectivity index (χ4n) is 2.11. The van der Waals surface area contributed by atoms with Gasteiger partial charge in [0.1, 0.15) is 11.5 Å². The van der Waals surface area contributed by atoms with E-state index in [2.05, 4.69) is 32.2 Å². The van der Waals surface area contributed by atoms with Crippen LogP contribution in [-0.2, 0) is 13.2 Å². The third-order valence-corrected chi connectivity index (χ3v) is 3.39. The topological polar surface area (TPSA) is 41.5 Å². The Labute approximate surface area is 126 Å². The molecule has 0 heterocycles. The fourth-order valence-corrected chi connectivity index (χ4v) is 2.11. The minimum atomic E-state index is -0.0223. The molecule has 0 fully saturated rings. The number of para-hydroxylation sites is 1. The molecule has 21 heavy (non-hydrogen) atoms. The van der Waals surface area contributed by atoms with Crippen molar-refractivity contribution in [1.29, 1.82) is 0 Å². The second kappa shape index (κ2) is 7.25. The molecule has 2 aromatic rings. The number of hydrogen-bond donors (Lipinski definition) is 2. The van der Waals surface area contributed by atoms with E-state index in [0.29, 0.717) is 11.8 Å². The molecule has 0 atom stereocenters. The minimum absolute atomic E-state index is 0.0223. The highest BCUT2D eigenvalue weighted by molar-refractivity contribution is 5.40. The molecule has 0 bridgehead atoms. The predicted molar refractivity (Wildman–Crippen MR) is 85.6 cm³/mol. The molecule has 0 aliphatic carbocycles. The molecular formula is C18H23NO2. The summed E-state index contributed by atoms with van der Waals surface area (Å²) in [7, 11) is 0. The van der Waals surface area contributed by atoms with E-state index in [4.69, 9.17) is 4.74 Å². The van der Waals surface area contributed by atoms with Gasteiger partial charge in [-0.25, -0.2) is 0 Å². The lowest BCUT2D eigenvalue weighted by molar-refractivity contribution is 0.276. The number of hydrogen-bond acceptors (Lipinski definition) is 3. The van der Waals surface area contributed by atoms with Crippen molar-refractivity contribution in [2.24, 2.45) is 0 Å². The summed E-state index contributed by atoms with van der Waals surface area (Å²) in [6, 6.07) is 14.1. The average Bonchev–Trinajstić information content (AvgIpc) is 2.47. The van der Waals surface area contributed by atoms with Gasteiger partial charge in [0.05, 0.1) is 6.61 Å². The Hall–Kier alpha value is -1.84. The van der Waals surface area contributed by atoms with Crippen molar-refractivity contribution < 1.29 is 9.84 Å². The molecule has 112 valence electrons. The maximum absolute atomic E-state index is 9.33. The van der Waals surface area contributed by atoms with Crippen molar-refractivity contribution >= 4 is 0 Å². The Kier molecular flexibility index (Phi) is 5.37. The number of rotatable bonds is 6. The monoisotopic (exact) mass is 285 g/mol. The number of aliphatic hydroxyl groups excluding tert-OH is 1. The zero-order valence-corrected chi connectivity index (χ0v) is 12.9. The maximum atomic E-state index is 9.33. The molecule has 2 rings (SSSR count). The van der Waals surface area contributed by atoms with Gasteiger partial charge in [0.2, 0.25) is 0 Å². The number of ether oxygens (including phenoxy) is 1. The smallest absolute Gasteiger partial charge is 0.132 e. The van der Waals surface area contributed by atoms with Gasteiger partial charge in [-0.2, -0.15) is 0 Å². The Morgan fingerprint density at radius 2 is 1.86 bits per heavy atom. The summed E-state index contributed by atoms with van der Waals surface area (Å²) >= 11 is 0. The summed E-state index contributed by atoms with van der Waals surface area (Å²) in [5.41, 5.74) is 3.26. The van der Waals surface area contributed by atoms with Gasteiger partial charge >= 0.3 is 0 Å². The summed E-state index contributed by atoms with van der Waals surface area (Å²) in [6.07, 6.45) is 0. The summed E-state index contributed by atoms with van der Waals surface area (Å²) in [6.45, 7) is 7.20. The number of benzene rings is 2. The van der Waals surface area contributed by atoms with Crippen LogP contribution in [0.4, 0.5) is 0 Å². The first-order valence-corrected chi connectivity index (χ1v) is 7.29. The maximum Gasteiger partial charge on any atom is 0.132 e. The number of nitrogens with one attached hydrogen (secondary N) is 1. The third-order valence-electron chi connectivity index (χ3n) is 3.39. The second-order valence-electron chi connectivity index (χ2n) is 5.49. The Morgan fingerprint density at radius 1 is 1.10 bits per heavy atom. The quantitative estimate of drug-likeness (QED) is 0.848. The van der Waals surface area contributed by atoms with Crippen LogP contribution in [0.3, 0.4) is 0 Å². The third kappa shape index (κ3) is 4.31. The fraction of sp³-hybridized carbons (Fsp3) is 0.333. The van der Waals surface area contributed by atoms with E-state index in [9.17, 15) is 5.11 Å². The molecule has 0 aliphatic rings. The highest BCUT2D eigenvalue weighted by atomic mass is 16.5. The average molecular weight is 285 g/mol. The van der Waals surface area contributed by atoms with Gasteiger partial charge in [-0.05, 0) is 36.2 Å². The van der Waals surface area contributed by atoms with Crippen molar-refractivity contribution in [2.75, 3.05) is 0 Å². The van der Waals surface area contributed by atoms with E-state index in [0.717, 1.165) is 17.9 Å². The van der Waals surface area contributed by atoms with E-state index in [-0.39, 0.29) is 6.61 Å².